The van der Waals surface area contributed by atoms with Gasteiger partial charge in [-0.05, 0) is 43.4 Å². The molecule has 27 heavy (non-hydrogen) atoms. The summed E-state index contributed by atoms with van der Waals surface area (Å²) in [5.74, 6) is 0.896. The monoisotopic (exact) mass is 368 g/mol. The minimum Gasteiger partial charge on any atom is -0.356 e. The second-order valence-corrected chi connectivity index (χ2v) is 7.26. The lowest BCUT2D eigenvalue weighted by Gasteiger charge is -2.25. The number of likely N-dealkylation sites (tertiary alicyclic amines) is 1. The Labute approximate surface area is 162 Å². The van der Waals surface area contributed by atoms with E-state index in [2.05, 4.69) is 62.2 Å². The molecule has 1 aliphatic heterocycles. The third-order valence-corrected chi connectivity index (χ3v) is 5.15. The van der Waals surface area contributed by atoms with Crippen LogP contribution in [0.3, 0.4) is 0 Å². The molecule has 0 radical (unpaired) electrons. The Morgan fingerprint density at radius 2 is 2.07 bits per heavy atom. The first-order chi connectivity index (χ1) is 13.2. The largest absolute Gasteiger partial charge is 0.356 e. The van der Waals surface area contributed by atoms with Gasteiger partial charge in [-0.1, -0.05) is 30.3 Å². The lowest BCUT2D eigenvalue weighted by molar-refractivity contribution is 0.245. The summed E-state index contributed by atoms with van der Waals surface area (Å²) in [5.41, 5.74) is 2.67. The highest BCUT2D eigenvalue weighted by molar-refractivity contribution is 5.79. The summed E-state index contributed by atoms with van der Waals surface area (Å²) >= 11 is 0. The molecule has 0 spiro atoms. The van der Waals surface area contributed by atoms with Crippen LogP contribution < -0.4 is 10.6 Å². The highest BCUT2D eigenvalue weighted by atomic mass is 15.2. The van der Waals surface area contributed by atoms with Crippen molar-refractivity contribution in [2.24, 2.45) is 12.0 Å². The van der Waals surface area contributed by atoms with E-state index in [1.807, 2.05) is 25.0 Å². The first kappa shape index (κ1) is 19.4. The van der Waals surface area contributed by atoms with Gasteiger partial charge in [-0.25, -0.2) is 0 Å². The highest BCUT2D eigenvalue weighted by Gasteiger charge is 2.24. The SMILES string of the molecule is CN=C(NCCCc1cnn(C)c1)NCC1CCCN1Cc1ccccc1. The normalized spacial score (nSPS) is 18.0. The summed E-state index contributed by atoms with van der Waals surface area (Å²) in [6.07, 6.45) is 8.64. The summed E-state index contributed by atoms with van der Waals surface area (Å²) in [6, 6.07) is 11.3. The maximum absolute atomic E-state index is 4.37. The molecule has 6 nitrogen and oxygen atoms in total. The molecule has 0 bridgehead atoms. The molecule has 1 atom stereocenters. The number of aromatic nitrogens is 2. The number of aryl methyl sites for hydroxylation is 2. The number of rotatable bonds is 8. The summed E-state index contributed by atoms with van der Waals surface area (Å²) in [5, 5.41) is 11.2. The maximum Gasteiger partial charge on any atom is 0.191 e. The fourth-order valence-corrected chi connectivity index (χ4v) is 3.69. The van der Waals surface area contributed by atoms with Crippen molar-refractivity contribution in [1.29, 1.82) is 0 Å². The molecule has 1 fully saturated rings. The Kier molecular flexibility index (Phi) is 7.27. The Hall–Kier alpha value is -2.34. The Morgan fingerprint density at radius 1 is 1.22 bits per heavy atom. The van der Waals surface area contributed by atoms with Gasteiger partial charge in [0.2, 0.25) is 0 Å². The lowest BCUT2D eigenvalue weighted by Crippen LogP contribution is -2.44. The second-order valence-electron chi connectivity index (χ2n) is 7.26. The second kappa shape index (κ2) is 10.1. The fourth-order valence-electron chi connectivity index (χ4n) is 3.69. The topological polar surface area (TPSA) is 57.5 Å². The number of nitrogens with zero attached hydrogens (tertiary/aromatic N) is 4. The van der Waals surface area contributed by atoms with Crippen molar-refractivity contribution in [3.05, 3.63) is 53.9 Å². The number of hydrogen-bond acceptors (Lipinski definition) is 3. The van der Waals surface area contributed by atoms with Gasteiger partial charge in [0, 0.05) is 46.0 Å². The van der Waals surface area contributed by atoms with E-state index in [0.29, 0.717) is 6.04 Å². The first-order valence-corrected chi connectivity index (χ1v) is 9.94. The molecule has 1 aromatic carbocycles. The number of nitrogens with one attached hydrogen (secondary N) is 2. The Balaban J connectivity index is 1.38. The molecular formula is C21H32N6. The van der Waals surface area contributed by atoms with Crippen molar-refractivity contribution in [3.63, 3.8) is 0 Å². The van der Waals surface area contributed by atoms with Crippen molar-refractivity contribution in [2.75, 3.05) is 26.7 Å². The number of benzene rings is 1. The van der Waals surface area contributed by atoms with Crippen molar-refractivity contribution in [1.82, 2.24) is 25.3 Å². The molecule has 2 heterocycles. The summed E-state index contributed by atoms with van der Waals surface area (Å²) in [7, 11) is 3.80. The number of aliphatic imine (C=N–C) groups is 1. The van der Waals surface area contributed by atoms with Crippen LogP contribution in [0, 0.1) is 0 Å². The van der Waals surface area contributed by atoms with E-state index < -0.39 is 0 Å². The van der Waals surface area contributed by atoms with Crippen molar-refractivity contribution in [2.45, 2.75) is 38.3 Å². The van der Waals surface area contributed by atoms with Crippen molar-refractivity contribution < 1.29 is 0 Å². The van der Waals surface area contributed by atoms with Crippen LogP contribution in [0.4, 0.5) is 0 Å². The van der Waals surface area contributed by atoms with Crippen LogP contribution in [0.15, 0.2) is 47.7 Å². The molecule has 1 aromatic heterocycles. The van der Waals surface area contributed by atoms with E-state index >= 15 is 0 Å². The highest BCUT2D eigenvalue weighted by Crippen LogP contribution is 2.19. The minimum atomic E-state index is 0.569. The van der Waals surface area contributed by atoms with Gasteiger partial charge in [0.1, 0.15) is 0 Å². The van der Waals surface area contributed by atoms with E-state index in [-0.39, 0.29) is 0 Å². The van der Waals surface area contributed by atoms with Gasteiger partial charge in [-0.2, -0.15) is 5.10 Å². The first-order valence-electron chi connectivity index (χ1n) is 9.94. The van der Waals surface area contributed by atoms with Gasteiger partial charge in [-0.3, -0.25) is 14.6 Å². The molecule has 0 amide bonds. The molecule has 146 valence electrons. The standard InChI is InChI=1S/C21H32N6/c1-22-21(23-12-6-10-19-14-25-26(2)16-19)24-15-20-11-7-13-27(20)17-18-8-4-3-5-9-18/h3-5,8-9,14,16,20H,6-7,10-13,15,17H2,1-2H3,(H2,22,23,24). The molecule has 2 aromatic rings. The van der Waals surface area contributed by atoms with Gasteiger partial charge in [0.25, 0.3) is 0 Å². The van der Waals surface area contributed by atoms with Gasteiger partial charge in [-0.15, -0.1) is 0 Å². The molecule has 3 rings (SSSR count). The van der Waals surface area contributed by atoms with Crippen LogP contribution in [-0.2, 0) is 20.0 Å². The van der Waals surface area contributed by atoms with Crippen LogP contribution >= 0.6 is 0 Å². The number of hydrogen-bond donors (Lipinski definition) is 2. The third kappa shape index (κ3) is 6.10. The van der Waals surface area contributed by atoms with Gasteiger partial charge in [0.05, 0.1) is 6.20 Å². The molecule has 1 aliphatic rings. The van der Waals surface area contributed by atoms with Crippen LogP contribution in [0.1, 0.15) is 30.4 Å². The van der Waals surface area contributed by atoms with Crippen LogP contribution in [-0.4, -0.2) is 53.4 Å². The quantitative estimate of drug-likeness (QED) is 0.426. The van der Waals surface area contributed by atoms with Gasteiger partial charge in [0.15, 0.2) is 5.96 Å². The molecule has 1 saturated heterocycles. The number of guanidine groups is 1. The summed E-state index contributed by atoms with van der Waals surface area (Å²) in [6.45, 7) is 4.06. The Morgan fingerprint density at radius 3 is 2.81 bits per heavy atom. The smallest absolute Gasteiger partial charge is 0.191 e. The van der Waals surface area contributed by atoms with E-state index in [1.54, 1.807) is 0 Å². The summed E-state index contributed by atoms with van der Waals surface area (Å²) < 4.78 is 1.85. The molecule has 6 heteroatoms. The Bertz CT molecular complexity index is 708. The zero-order chi connectivity index (χ0) is 18.9. The molecule has 0 saturated carbocycles. The van der Waals surface area contributed by atoms with Crippen LogP contribution in [0.25, 0.3) is 0 Å². The van der Waals surface area contributed by atoms with Crippen molar-refractivity contribution in [3.8, 4) is 0 Å². The zero-order valence-electron chi connectivity index (χ0n) is 16.6. The zero-order valence-corrected chi connectivity index (χ0v) is 16.6. The minimum absolute atomic E-state index is 0.569. The molecule has 0 aliphatic carbocycles. The predicted octanol–water partition coefficient (Wildman–Crippen LogP) is 2.18. The van der Waals surface area contributed by atoms with E-state index in [9.17, 15) is 0 Å². The van der Waals surface area contributed by atoms with Crippen molar-refractivity contribution >= 4 is 5.96 Å². The average Bonchev–Trinajstić information content (AvgIpc) is 3.31. The van der Waals surface area contributed by atoms with E-state index in [4.69, 9.17) is 0 Å². The average molecular weight is 369 g/mol. The van der Waals surface area contributed by atoms with E-state index in [0.717, 1.165) is 38.4 Å². The molecule has 2 N–H and O–H groups in total. The molecular weight excluding hydrogens is 336 g/mol. The predicted molar refractivity (Wildman–Crippen MR) is 111 cm³/mol. The molecule has 1 unspecified atom stereocenters. The third-order valence-electron chi connectivity index (χ3n) is 5.15. The van der Waals surface area contributed by atoms with Crippen LogP contribution in [0.5, 0.6) is 0 Å². The van der Waals surface area contributed by atoms with E-state index in [1.165, 1.54) is 30.5 Å². The lowest BCUT2D eigenvalue weighted by atomic mass is 10.2. The summed E-state index contributed by atoms with van der Waals surface area (Å²) in [4.78, 5) is 6.95. The maximum atomic E-state index is 4.37. The van der Waals surface area contributed by atoms with Crippen LogP contribution in [0.2, 0.25) is 0 Å². The van der Waals surface area contributed by atoms with Gasteiger partial charge < -0.3 is 10.6 Å². The van der Waals surface area contributed by atoms with Gasteiger partial charge >= 0.3 is 0 Å². The fraction of sp³-hybridized carbons (Fsp3) is 0.524.